The Morgan fingerprint density at radius 1 is 1.14 bits per heavy atom. The number of piperazine rings is 1. The monoisotopic (exact) mass is 199 g/mol. The van der Waals surface area contributed by atoms with E-state index in [1.807, 2.05) is 6.92 Å². The van der Waals surface area contributed by atoms with Gasteiger partial charge in [0.05, 0.1) is 6.54 Å². The second-order valence-corrected chi connectivity index (χ2v) is 3.66. The molecule has 82 valence electrons. The van der Waals surface area contributed by atoms with Crippen LogP contribution in [0.15, 0.2) is 0 Å². The number of amides is 1. The molecule has 4 heteroatoms. The summed E-state index contributed by atoms with van der Waals surface area (Å²) >= 11 is 0. The van der Waals surface area contributed by atoms with Gasteiger partial charge in [-0.25, -0.2) is 0 Å². The highest BCUT2D eigenvalue weighted by molar-refractivity contribution is 5.77. The predicted molar refractivity (Wildman–Crippen MR) is 57.2 cm³/mol. The van der Waals surface area contributed by atoms with Gasteiger partial charge in [0.2, 0.25) is 5.91 Å². The van der Waals surface area contributed by atoms with Gasteiger partial charge in [0, 0.05) is 32.7 Å². The normalized spacial score (nSPS) is 19.6. The van der Waals surface area contributed by atoms with Gasteiger partial charge in [-0.1, -0.05) is 6.92 Å². The van der Waals surface area contributed by atoms with Gasteiger partial charge in [-0.15, -0.1) is 0 Å². The highest BCUT2D eigenvalue weighted by Crippen LogP contribution is 1.99. The number of nitrogens with one attached hydrogen (secondary N) is 1. The Labute approximate surface area is 86.2 Å². The zero-order valence-electron chi connectivity index (χ0n) is 9.25. The van der Waals surface area contributed by atoms with Gasteiger partial charge in [0.15, 0.2) is 0 Å². The van der Waals surface area contributed by atoms with Crippen LogP contribution >= 0.6 is 0 Å². The van der Waals surface area contributed by atoms with Crippen molar-refractivity contribution in [3.63, 3.8) is 0 Å². The van der Waals surface area contributed by atoms with Crippen LogP contribution in [0, 0.1) is 0 Å². The van der Waals surface area contributed by atoms with E-state index in [4.69, 9.17) is 0 Å². The highest BCUT2D eigenvalue weighted by atomic mass is 16.2. The van der Waals surface area contributed by atoms with E-state index in [9.17, 15) is 4.79 Å². The standard InChI is InChI=1S/C10H21N3O/c1-3-11-10(14)9-13-7-5-12(4-2)6-8-13/h3-9H2,1-2H3,(H,11,14). The minimum atomic E-state index is 0.150. The van der Waals surface area contributed by atoms with Gasteiger partial charge in [-0.3, -0.25) is 9.69 Å². The van der Waals surface area contributed by atoms with Crippen molar-refractivity contribution < 1.29 is 4.79 Å². The SMILES string of the molecule is CCNC(=O)CN1CCN(CC)CC1. The van der Waals surface area contributed by atoms with Crippen molar-refractivity contribution in [2.75, 3.05) is 45.8 Å². The van der Waals surface area contributed by atoms with Gasteiger partial charge in [0.25, 0.3) is 0 Å². The van der Waals surface area contributed by atoms with Crippen LogP contribution in [-0.2, 0) is 4.79 Å². The Kier molecular flexibility index (Phi) is 4.90. The van der Waals surface area contributed by atoms with Crippen molar-refractivity contribution >= 4 is 5.91 Å². The summed E-state index contributed by atoms with van der Waals surface area (Å²) in [6, 6.07) is 0. The van der Waals surface area contributed by atoms with Crippen LogP contribution in [0.25, 0.3) is 0 Å². The molecule has 0 unspecified atom stereocenters. The summed E-state index contributed by atoms with van der Waals surface area (Å²) in [7, 11) is 0. The molecule has 0 aromatic carbocycles. The number of likely N-dealkylation sites (N-methyl/N-ethyl adjacent to an activating group) is 2. The molecular formula is C10H21N3O. The molecule has 0 aromatic heterocycles. The largest absolute Gasteiger partial charge is 0.355 e. The minimum absolute atomic E-state index is 0.150. The molecule has 4 nitrogen and oxygen atoms in total. The molecule has 14 heavy (non-hydrogen) atoms. The molecule has 0 saturated carbocycles. The fourth-order valence-electron chi connectivity index (χ4n) is 1.72. The van der Waals surface area contributed by atoms with Crippen molar-refractivity contribution in [1.29, 1.82) is 0 Å². The highest BCUT2D eigenvalue weighted by Gasteiger charge is 2.16. The fraction of sp³-hybridized carbons (Fsp3) is 0.900. The van der Waals surface area contributed by atoms with E-state index >= 15 is 0 Å². The third kappa shape index (κ3) is 3.64. The lowest BCUT2D eigenvalue weighted by atomic mass is 10.3. The van der Waals surface area contributed by atoms with E-state index in [-0.39, 0.29) is 5.91 Å². The maximum absolute atomic E-state index is 11.3. The summed E-state index contributed by atoms with van der Waals surface area (Å²) in [5, 5.41) is 2.82. The lowest BCUT2D eigenvalue weighted by Gasteiger charge is -2.33. The van der Waals surface area contributed by atoms with Gasteiger partial charge in [-0.05, 0) is 13.5 Å². The Balaban J connectivity index is 2.18. The summed E-state index contributed by atoms with van der Waals surface area (Å²) < 4.78 is 0. The van der Waals surface area contributed by atoms with Crippen LogP contribution in [-0.4, -0.2) is 61.5 Å². The molecule has 0 atom stereocenters. The van der Waals surface area contributed by atoms with Crippen LogP contribution in [0.2, 0.25) is 0 Å². The van der Waals surface area contributed by atoms with E-state index in [1.54, 1.807) is 0 Å². The van der Waals surface area contributed by atoms with Crippen LogP contribution in [0.3, 0.4) is 0 Å². The Morgan fingerprint density at radius 2 is 1.71 bits per heavy atom. The smallest absolute Gasteiger partial charge is 0.234 e. The van der Waals surface area contributed by atoms with Gasteiger partial charge >= 0.3 is 0 Å². The Morgan fingerprint density at radius 3 is 2.21 bits per heavy atom. The first-order chi connectivity index (χ1) is 6.76. The molecule has 1 aliphatic rings. The number of carbonyl (C=O) groups is 1. The lowest BCUT2D eigenvalue weighted by molar-refractivity contribution is -0.122. The minimum Gasteiger partial charge on any atom is -0.355 e. The molecule has 0 bridgehead atoms. The maximum Gasteiger partial charge on any atom is 0.234 e. The fourth-order valence-corrected chi connectivity index (χ4v) is 1.72. The molecule has 1 saturated heterocycles. The van der Waals surface area contributed by atoms with E-state index in [1.165, 1.54) is 0 Å². The number of hydrogen-bond acceptors (Lipinski definition) is 3. The van der Waals surface area contributed by atoms with E-state index in [2.05, 4.69) is 22.0 Å². The molecule has 0 aliphatic carbocycles. The first-order valence-electron chi connectivity index (χ1n) is 5.47. The van der Waals surface area contributed by atoms with Gasteiger partial charge in [0.1, 0.15) is 0 Å². The summed E-state index contributed by atoms with van der Waals surface area (Å²) in [5.41, 5.74) is 0. The lowest BCUT2D eigenvalue weighted by Crippen LogP contribution is -2.49. The molecule has 1 N–H and O–H groups in total. The molecule has 0 radical (unpaired) electrons. The molecule has 0 spiro atoms. The molecule has 1 heterocycles. The van der Waals surface area contributed by atoms with E-state index in [0.717, 1.165) is 39.3 Å². The summed E-state index contributed by atoms with van der Waals surface area (Å²) in [5.74, 6) is 0.150. The second-order valence-electron chi connectivity index (χ2n) is 3.66. The van der Waals surface area contributed by atoms with Crippen LogP contribution in [0.1, 0.15) is 13.8 Å². The van der Waals surface area contributed by atoms with Crippen molar-refractivity contribution in [2.45, 2.75) is 13.8 Å². The molecule has 1 amide bonds. The second kappa shape index (κ2) is 5.98. The average Bonchev–Trinajstić information content (AvgIpc) is 2.19. The van der Waals surface area contributed by atoms with Crippen molar-refractivity contribution in [1.82, 2.24) is 15.1 Å². The average molecular weight is 199 g/mol. The predicted octanol–water partition coefficient (Wildman–Crippen LogP) is -0.240. The van der Waals surface area contributed by atoms with Gasteiger partial charge < -0.3 is 10.2 Å². The Bertz CT molecular complexity index is 176. The van der Waals surface area contributed by atoms with Crippen LogP contribution < -0.4 is 5.32 Å². The summed E-state index contributed by atoms with van der Waals surface area (Å²) in [6.07, 6.45) is 0. The van der Waals surface area contributed by atoms with Gasteiger partial charge in [-0.2, -0.15) is 0 Å². The molecule has 1 fully saturated rings. The molecule has 0 aromatic rings. The van der Waals surface area contributed by atoms with Crippen LogP contribution in [0.5, 0.6) is 0 Å². The zero-order valence-corrected chi connectivity index (χ0v) is 9.25. The molecule has 1 aliphatic heterocycles. The maximum atomic E-state index is 11.3. The first-order valence-corrected chi connectivity index (χ1v) is 5.47. The third-order valence-electron chi connectivity index (χ3n) is 2.65. The summed E-state index contributed by atoms with van der Waals surface area (Å²) in [6.45, 7) is 10.8. The topological polar surface area (TPSA) is 35.6 Å². The van der Waals surface area contributed by atoms with Crippen molar-refractivity contribution in [3.05, 3.63) is 0 Å². The van der Waals surface area contributed by atoms with Crippen LogP contribution in [0.4, 0.5) is 0 Å². The van der Waals surface area contributed by atoms with Crippen molar-refractivity contribution in [3.8, 4) is 0 Å². The molecule has 1 rings (SSSR count). The Hall–Kier alpha value is -0.610. The number of rotatable bonds is 4. The van der Waals surface area contributed by atoms with E-state index in [0.29, 0.717) is 6.54 Å². The van der Waals surface area contributed by atoms with Crippen molar-refractivity contribution in [2.24, 2.45) is 0 Å². The number of carbonyl (C=O) groups excluding carboxylic acids is 1. The summed E-state index contributed by atoms with van der Waals surface area (Å²) in [4.78, 5) is 15.9. The van der Waals surface area contributed by atoms with E-state index < -0.39 is 0 Å². The number of hydrogen-bond donors (Lipinski definition) is 1. The quantitative estimate of drug-likeness (QED) is 0.679. The third-order valence-corrected chi connectivity index (χ3v) is 2.65. The number of nitrogens with zero attached hydrogens (tertiary/aromatic N) is 2. The zero-order chi connectivity index (χ0) is 10.4. The first kappa shape index (κ1) is 11.5. The molecular weight excluding hydrogens is 178 g/mol.